The zero-order valence-electron chi connectivity index (χ0n) is 60.0. The minimum absolute atomic E-state index is 0.106. The first kappa shape index (κ1) is 90.1. The molecule has 0 amide bonds. The van der Waals surface area contributed by atoms with Gasteiger partial charge in [0.15, 0.2) is 12.2 Å². The van der Waals surface area contributed by atoms with Crippen LogP contribution in [0, 0.1) is 17.8 Å². The summed E-state index contributed by atoms with van der Waals surface area (Å²) >= 11 is 0. The van der Waals surface area contributed by atoms with E-state index in [1.54, 1.807) is 0 Å². The Balaban J connectivity index is 5.23. The highest BCUT2D eigenvalue weighted by Crippen LogP contribution is 2.45. The van der Waals surface area contributed by atoms with Crippen molar-refractivity contribution >= 4 is 39.5 Å². The van der Waals surface area contributed by atoms with Crippen LogP contribution < -0.4 is 0 Å². The Morgan fingerprint density at radius 3 is 0.739 bits per heavy atom. The van der Waals surface area contributed by atoms with Gasteiger partial charge in [0, 0.05) is 25.7 Å². The van der Waals surface area contributed by atoms with Crippen LogP contribution in [0.2, 0.25) is 0 Å². The lowest BCUT2D eigenvalue weighted by molar-refractivity contribution is -0.161. The van der Waals surface area contributed by atoms with Crippen LogP contribution in [0.4, 0.5) is 0 Å². The number of phosphoric ester groups is 2. The third kappa shape index (κ3) is 66.7. The smallest absolute Gasteiger partial charge is 0.462 e. The van der Waals surface area contributed by atoms with Crippen molar-refractivity contribution < 1.29 is 80.2 Å². The van der Waals surface area contributed by atoms with Gasteiger partial charge in [0.05, 0.1) is 26.4 Å². The topological polar surface area (TPSA) is 237 Å². The lowest BCUT2D eigenvalue weighted by Gasteiger charge is -2.21. The van der Waals surface area contributed by atoms with Crippen LogP contribution >= 0.6 is 15.6 Å². The maximum absolute atomic E-state index is 13.1. The fraction of sp³-hybridized carbons (Fsp3) is 0.945. The van der Waals surface area contributed by atoms with Gasteiger partial charge >= 0.3 is 39.5 Å². The number of rotatable bonds is 71. The molecule has 0 bridgehead atoms. The molecule has 0 saturated heterocycles. The van der Waals surface area contributed by atoms with Crippen molar-refractivity contribution in [2.75, 3.05) is 39.6 Å². The van der Waals surface area contributed by atoms with Gasteiger partial charge in [-0.15, -0.1) is 0 Å². The minimum atomic E-state index is -4.95. The highest BCUT2D eigenvalue weighted by Gasteiger charge is 2.30. The molecule has 5 atom stereocenters. The number of carbonyl (C=O) groups excluding carboxylic acids is 4. The predicted octanol–water partition coefficient (Wildman–Crippen LogP) is 21.0. The summed E-state index contributed by atoms with van der Waals surface area (Å²) in [7, 11) is -9.90. The molecule has 0 aliphatic carbocycles. The van der Waals surface area contributed by atoms with Gasteiger partial charge in [-0.1, -0.05) is 318 Å². The van der Waals surface area contributed by atoms with E-state index in [1.165, 1.54) is 173 Å². The third-order valence-corrected chi connectivity index (χ3v) is 18.8. The molecule has 2 unspecified atom stereocenters. The van der Waals surface area contributed by atoms with Crippen LogP contribution in [0.15, 0.2) is 0 Å². The van der Waals surface area contributed by atoms with Crippen molar-refractivity contribution in [2.45, 2.75) is 388 Å². The van der Waals surface area contributed by atoms with Crippen molar-refractivity contribution in [1.82, 2.24) is 0 Å². The molecule has 0 aromatic carbocycles. The van der Waals surface area contributed by atoms with Gasteiger partial charge in [0.1, 0.15) is 19.3 Å². The lowest BCUT2D eigenvalue weighted by Crippen LogP contribution is -2.30. The van der Waals surface area contributed by atoms with Crippen LogP contribution in [0.25, 0.3) is 0 Å². The Morgan fingerprint density at radius 1 is 0.293 bits per heavy atom. The van der Waals surface area contributed by atoms with E-state index in [0.29, 0.717) is 25.7 Å². The summed E-state index contributed by atoms with van der Waals surface area (Å²) in [5.74, 6) is 0.201. The van der Waals surface area contributed by atoms with Gasteiger partial charge in [0.25, 0.3) is 0 Å². The molecule has 0 aromatic rings. The van der Waals surface area contributed by atoms with Crippen molar-refractivity contribution in [3.8, 4) is 0 Å². The summed E-state index contributed by atoms with van der Waals surface area (Å²) < 4.78 is 68.4. The summed E-state index contributed by atoms with van der Waals surface area (Å²) in [6.45, 7) is 11.9. The second kappa shape index (κ2) is 63.8. The average molecular weight is 1350 g/mol. The van der Waals surface area contributed by atoms with Gasteiger partial charge in [-0.25, -0.2) is 9.13 Å². The van der Waals surface area contributed by atoms with Crippen LogP contribution in [0.1, 0.15) is 370 Å². The van der Waals surface area contributed by atoms with Crippen LogP contribution in [-0.2, 0) is 65.4 Å². The fourth-order valence-corrected chi connectivity index (χ4v) is 12.7. The molecule has 0 aliphatic heterocycles. The van der Waals surface area contributed by atoms with E-state index in [-0.39, 0.29) is 25.7 Å². The Labute approximate surface area is 562 Å². The number of aliphatic hydroxyl groups is 1. The molecule has 0 aliphatic rings. The van der Waals surface area contributed by atoms with E-state index in [4.69, 9.17) is 37.0 Å². The molecule has 0 rings (SSSR count). The van der Waals surface area contributed by atoms with E-state index in [2.05, 4.69) is 48.5 Å². The van der Waals surface area contributed by atoms with E-state index in [1.807, 2.05) is 0 Å². The van der Waals surface area contributed by atoms with E-state index < -0.39 is 97.5 Å². The monoisotopic (exact) mass is 1350 g/mol. The van der Waals surface area contributed by atoms with Gasteiger partial charge in [-0.3, -0.25) is 37.3 Å². The molecule has 0 saturated carbocycles. The van der Waals surface area contributed by atoms with Gasteiger partial charge < -0.3 is 33.8 Å². The number of carbonyl (C=O) groups is 4. The predicted molar refractivity (Wildman–Crippen MR) is 372 cm³/mol. The maximum atomic E-state index is 13.1. The van der Waals surface area contributed by atoms with Gasteiger partial charge in [0.2, 0.25) is 0 Å². The molecule has 0 fully saturated rings. The third-order valence-electron chi connectivity index (χ3n) is 16.9. The van der Waals surface area contributed by atoms with E-state index in [0.717, 1.165) is 114 Å². The summed E-state index contributed by atoms with van der Waals surface area (Å²) in [4.78, 5) is 72.6. The van der Waals surface area contributed by atoms with Crippen molar-refractivity contribution in [3.05, 3.63) is 0 Å². The molecule has 0 radical (unpaired) electrons. The molecule has 0 spiro atoms. The summed E-state index contributed by atoms with van der Waals surface area (Å²) in [5, 5.41) is 10.6. The first-order chi connectivity index (χ1) is 44.2. The highest BCUT2D eigenvalue weighted by molar-refractivity contribution is 7.47. The number of hydrogen-bond acceptors (Lipinski definition) is 15. The van der Waals surface area contributed by atoms with E-state index in [9.17, 15) is 43.2 Å². The molecule has 17 nitrogen and oxygen atoms in total. The van der Waals surface area contributed by atoms with Crippen LogP contribution in [0.5, 0.6) is 0 Å². The first-order valence-electron chi connectivity index (χ1n) is 37.8. The SMILES string of the molecule is CCCCCCCCCCC(=O)OC[C@H](COP(=O)(O)OC[C@H](O)COP(=O)(O)OC[C@@H](COC(=O)CCCCCCCCCCCCCCC(C)C)OC(=O)CCCCCCCCCCCCCCC(C)C)OC(=O)CCCCCCCCCCCCCC(C)C. The standard InChI is InChI=1S/C73H142O17P2/c1-8-9-10-11-12-33-40-47-54-70(75)83-60-68(89-73(78)57-50-43-36-29-23-17-20-26-32-39-46-53-66(6)7)62-87-91(79,80)85-58-67(74)59-86-92(81,82)88-63-69(90-72(77)56-49-42-35-28-22-16-14-19-25-31-38-45-52-65(4)5)61-84-71(76)55-48-41-34-27-21-15-13-18-24-30-37-44-51-64(2)3/h64-69,74H,8-63H2,1-7H3,(H,79,80)(H,81,82)/t67-,68+,69+/m0/s1. The summed E-state index contributed by atoms with van der Waals surface area (Å²) in [5.41, 5.74) is 0. The zero-order valence-corrected chi connectivity index (χ0v) is 61.8. The van der Waals surface area contributed by atoms with Crippen molar-refractivity contribution in [1.29, 1.82) is 0 Å². The molecular weight excluding hydrogens is 1210 g/mol. The van der Waals surface area contributed by atoms with Crippen molar-refractivity contribution in [3.63, 3.8) is 0 Å². The Morgan fingerprint density at radius 2 is 0.500 bits per heavy atom. The minimum Gasteiger partial charge on any atom is -0.462 e. The Kier molecular flexibility index (Phi) is 62.4. The number of hydrogen-bond donors (Lipinski definition) is 3. The maximum Gasteiger partial charge on any atom is 0.472 e. The first-order valence-corrected chi connectivity index (χ1v) is 40.8. The highest BCUT2D eigenvalue weighted by atomic mass is 31.2. The fourth-order valence-electron chi connectivity index (χ4n) is 11.1. The Hall–Kier alpha value is -1.94. The van der Waals surface area contributed by atoms with Crippen LogP contribution in [0.3, 0.4) is 0 Å². The normalized spacial score (nSPS) is 14.1. The second-order valence-corrected chi connectivity index (χ2v) is 30.7. The summed E-state index contributed by atoms with van der Waals surface area (Å²) in [6.07, 6.45) is 48.5. The molecule has 0 aromatic heterocycles. The Bertz CT molecular complexity index is 1800. The van der Waals surface area contributed by atoms with E-state index >= 15 is 0 Å². The number of ether oxygens (including phenoxy) is 4. The molecule has 0 heterocycles. The quantitative estimate of drug-likeness (QED) is 0.0222. The zero-order chi connectivity index (χ0) is 68.0. The number of unbranched alkanes of at least 4 members (excludes halogenated alkanes) is 39. The molecule has 92 heavy (non-hydrogen) atoms. The number of aliphatic hydroxyl groups excluding tert-OH is 1. The average Bonchev–Trinajstić information content (AvgIpc) is 1.54. The lowest BCUT2D eigenvalue weighted by atomic mass is 10.0. The second-order valence-electron chi connectivity index (χ2n) is 27.8. The molecule has 3 N–H and O–H groups in total. The number of esters is 4. The van der Waals surface area contributed by atoms with Gasteiger partial charge in [-0.2, -0.15) is 0 Å². The molecule has 546 valence electrons. The van der Waals surface area contributed by atoms with Crippen LogP contribution in [-0.4, -0.2) is 96.7 Å². The molecule has 19 heteroatoms. The van der Waals surface area contributed by atoms with Crippen molar-refractivity contribution in [2.24, 2.45) is 17.8 Å². The van der Waals surface area contributed by atoms with Gasteiger partial charge in [-0.05, 0) is 43.4 Å². The number of phosphoric acid groups is 2. The largest absolute Gasteiger partial charge is 0.472 e. The molecular formula is C73H142O17P2. The summed E-state index contributed by atoms with van der Waals surface area (Å²) in [6, 6.07) is 0.